The van der Waals surface area contributed by atoms with Crippen molar-refractivity contribution in [1.82, 2.24) is 9.80 Å². The number of hydrogen-bond donors (Lipinski definition) is 0. The van der Waals surface area contributed by atoms with Crippen LogP contribution < -0.4 is 9.47 Å². The SMILES string of the molecule is COc1ccc2c(c1)OCC1C2N2C(=O)CN(Cc3ccccc3)C(=O)[C@@]2(C)C1c1ccccc1. The van der Waals surface area contributed by atoms with Crippen LogP contribution in [0.4, 0.5) is 0 Å². The summed E-state index contributed by atoms with van der Waals surface area (Å²) in [5, 5.41) is 0. The Labute approximate surface area is 205 Å². The van der Waals surface area contributed by atoms with Gasteiger partial charge in [-0.05, 0) is 30.2 Å². The molecular formula is C29H28N2O4. The molecule has 3 aromatic rings. The van der Waals surface area contributed by atoms with Gasteiger partial charge in [0.15, 0.2) is 0 Å². The van der Waals surface area contributed by atoms with E-state index in [0.29, 0.717) is 24.7 Å². The highest BCUT2D eigenvalue weighted by Crippen LogP contribution is 2.60. The topological polar surface area (TPSA) is 59.1 Å². The lowest BCUT2D eigenvalue weighted by Gasteiger charge is -2.47. The van der Waals surface area contributed by atoms with Crippen molar-refractivity contribution in [3.8, 4) is 11.5 Å². The number of ether oxygens (including phenoxy) is 2. The van der Waals surface area contributed by atoms with Crippen LogP contribution in [0.2, 0.25) is 0 Å². The van der Waals surface area contributed by atoms with E-state index in [1.54, 1.807) is 12.0 Å². The first-order chi connectivity index (χ1) is 17.0. The Hall–Kier alpha value is -3.80. The fourth-order valence-electron chi connectivity index (χ4n) is 6.43. The Morgan fingerprint density at radius 3 is 2.43 bits per heavy atom. The first-order valence-electron chi connectivity index (χ1n) is 12.0. The summed E-state index contributed by atoms with van der Waals surface area (Å²) in [6.07, 6.45) is 0. The molecule has 0 aromatic heterocycles. The maximum Gasteiger partial charge on any atom is 0.249 e. The summed E-state index contributed by atoms with van der Waals surface area (Å²) in [5.74, 6) is 1.14. The second-order valence-electron chi connectivity index (χ2n) is 9.77. The molecule has 3 aliphatic rings. The number of carbonyl (C=O) groups is 2. The Balaban J connectivity index is 1.48. The zero-order valence-corrected chi connectivity index (χ0v) is 19.9. The van der Waals surface area contributed by atoms with Gasteiger partial charge in [-0.2, -0.15) is 0 Å². The van der Waals surface area contributed by atoms with Gasteiger partial charge in [0, 0.05) is 30.0 Å². The number of amides is 2. The summed E-state index contributed by atoms with van der Waals surface area (Å²) < 4.78 is 11.6. The highest BCUT2D eigenvalue weighted by atomic mass is 16.5. The van der Waals surface area contributed by atoms with Crippen LogP contribution in [-0.4, -0.2) is 47.4 Å². The minimum absolute atomic E-state index is 0.0146. The zero-order chi connectivity index (χ0) is 24.2. The van der Waals surface area contributed by atoms with Crippen molar-refractivity contribution in [3.05, 3.63) is 95.6 Å². The molecule has 0 radical (unpaired) electrons. The van der Waals surface area contributed by atoms with Crippen LogP contribution in [0.25, 0.3) is 0 Å². The normalized spacial score (nSPS) is 27.1. The van der Waals surface area contributed by atoms with Crippen LogP contribution in [0.3, 0.4) is 0 Å². The molecule has 0 bridgehead atoms. The number of rotatable bonds is 4. The third kappa shape index (κ3) is 3.23. The van der Waals surface area contributed by atoms with Crippen molar-refractivity contribution in [2.45, 2.75) is 31.0 Å². The van der Waals surface area contributed by atoms with Crippen molar-refractivity contribution in [2.75, 3.05) is 20.3 Å². The molecule has 3 aromatic carbocycles. The molecule has 0 aliphatic carbocycles. The summed E-state index contributed by atoms with van der Waals surface area (Å²) in [6, 6.07) is 25.5. The van der Waals surface area contributed by atoms with Crippen LogP contribution in [0.5, 0.6) is 11.5 Å². The van der Waals surface area contributed by atoms with Gasteiger partial charge < -0.3 is 19.3 Å². The molecule has 0 spiro atoms. The van der Waals surface area contributed by atoms with Gasteiger partial charge >= 0.3 is 0 Å². The van der Waals surface area contributed by atoms with Gasteiger partial charge in [-0.15, -0.1) is 0 Å². The molecule has 0 N–H and O–H groups in total. The molecule has 3 aliphatic heterocycles. The molecule has 4 atom stereocenters. The number of nitrogens with zero attached hydrogens (tertiary/aromatic N) is 2. The van der Waals surface area contributed by atoms with E-state index in [4.69, 9.17) is 9.47 Å². The van der Waals surface area contributed by atoms with Gasteiger partial charge in [-0.1, -0.05) is 60.7 Å². The van der Waals surface area contributed by atoms with Gasteiger partial charge in [0.2, 0.25) is 11.8 Å². The molecule has 3 unspecified atom stereocenters. The first-order valence-corrected chi connectivity index (χ1v) is 12.0. The largest absolute Gasteiger partial charge is 0.497 e. The fraction of sp³-hybridized carbons (Fsp3) is 0.310. The van der Waals surface area contributed by atoms with Crippen molar-refractivity contribution in [2.24, 2.45) is 5.92 Å². The van der Waals surface area contributed by atoms with Crippen LogP contribution in [0, 0.1) is 5.92 Å². The lowest BCUT2D eigenvalue weighted by Crippen LogP contribution is -2.65. The van der Waals surface area contributed by atoms with E-state index in [2.05, 4.69) is 12.1 Å². The highest BCUT2D eigenvalue weighted by Gasteiger charge is 2.66. The van der Waals surface area contributed by atoms with Crippen LogP contribution in [0.1, 0.15) is 35.6 Å². The molecule has 178 valence electrons. The average molecular weight is 469 g/mol. The van der Waals surface area contributed by atoms with E-state index >= 15 is 0 Å². The van der Waals surface area contributed by atoms with Crippen molar-refractivity contribution in [1.29, 1.82) is 0 Å². The summed E-state index contributed by atoms with van der Waals surface area (Å²) in [4.78, 5) is 31.7. The lowest BCUT2D eigenvalue weighted by molar-refractivity contribution is -0.164. The maximum absolute atomic E-state index is 14.3. The van der Waals surface area contributed by atoms with Crippen molar-refractivity contribution < 1.29 is 19.1 Å². The lowest BCUT2D eigenvalue weighted by atomic mass is 9.73. The number of benzene rings is 3. The van der Waals surface area contributed by atoms with Crippen molar-refractivity contribution in [3.63, 3.8) is 0 Å². The van der Waals surface area contributed by atoms with Crippen LogP contribution in [-0.2, 0) is 16.1 Å². The molecule has 6 nitrogen and oxygen atoms in total. The molecule has 2 saturated heterocycles. The Kier molecular flexibility index (Phi) is 5.06. The van der Waals surface area contributed by atoms with Crippen molar-refractivity contribution >= 4 is 11.8 Å². The molecular weight excluding hydrogens is 440 g/mol. The van der Waals surface area contributed by atoms with Gasteiger partial charge in [0.1, 0.15) is 23.6 Å². The van der Waals surface area contributed by atoms with Gasteiger partial charge in [-0.25, -0.2) is 0 Å². The average Bonchev–Trinajstić information content (AvgIpc) is 3.18. The predicted octanol–water partition coefficient (Wildman–Crippen LogP) is 4.17. The fourth-order valence-corrected chi connectivity index (χ4v) is 6.43. The number of piperazine rings is 1. The maximum atomic E-state index is 14.3. The number of carbonyl (C=O) groups excluding carboxylic acids is 2. The molecule has 6 rings (SSSR count). The van der Waals surface area contributed by atoms with Crippen LogP contribution >= 0.6 is 0 Å². The summed E-state index contributed by atoms with van der Waals surface area (Å²) in [7, 11) is 1.62. The molecule has 3 heterocycles. The van der Waals surface area contributed by atoms with E-state index < -0.39 is 5.54 Å². The summed E-state index contributed by atoms with van der Waals surface area (Å²) >= 11 is 0. The quantitative estimate of drug-likeness (QED) is 0.577. The van der Waals surface area contributed by atoms with Gasteiger partial charge in [0.05, 0.1) is 19.8 Å². The molecule has 6 heteroatoms. The second kappa shape index (κ2) is 8.15. The highest BCUT2D eigenvalue weighted by molar-refractivity contribution is 6.00. The monoisotopic (exact) mass is 468 g/mol. The Morgan fingerprint density at radius 2 is 1.71 bits per heavy atom. The van der Waals surface area contributed by atoms with Crippen LogP contribution in [0.15, 0.2) is 78.9 Å². The standard InChI is InChI=1S/C29H28N2O4/c1-29-26(20-11-7-4-8-12-20)23-18-35-24-15-21(34-2)13-14-22(24)27(23)31(29)25(32)17-30(28(29)33)16-19-9-5-3-6-10-19/h3-15,23,26-27H,16-18H2,1-2H3/t23?,26?,27?,29-/m1/s1. The Morgan fingerprint density at radius 1 is 1.00 bits per heavy atom. The van der Waals surface area contributed by atoms with Gasteiger partial charge in [-0.3, -0.25) is 9.59 Å². The van der Waals surface area contributed by atoms with E-state index in [-0.39, 0.29) is 36.2 Å². The summed E-state index contributed by atoms with van der Waals surface area (Å²) in [6.45, 7) is 2.86. The van der Waals surface area contributed by atoms with Gasteiger partial charge in [0.25, 0.3) is 0 Å². The van der Waals surface area contributed by atoms with E-state index in [1.807, 2.05) is 78.6 Å². The van der Waals surface area contributed by atoms with E-state index in [1.165, 1.54) is 0 Å². The van der Waals surface area contributed by atoms with E-state index in [0.717, 1.165) is 16.7 Å². The number of methoxy groups -OCH3 is 1. The molecule has 35 heavy (non-hydrogen) atoms. The minimum atomic E-state index is -1.02. The molecule has 0 saturated carbocycles. The smallest absolute Gasteiger partial charge is 0.249 e. The third-order valence-corrected chi connectivity index (χ3v) is 7.88. The third-order valence-electron chi connectivity index (χ3n) is 7.88. The predicted molar refractivity (Wildman–Crippen MR) is 131 cm³/mol. The molecule has 2 amide bonds. The first kappa shape index (κ1) is 21.7. The Bertz CT molecular complexity index is 1280. The number of hydrogen-bond acceptors (Lipinski definition) is 4. The summed E-state index contributed by atoms with van der Waals surface area (Å²) in [5.41, 5.74) is 1.98. The minimum Gasteiger partial charge on any atom is -0.497 e. The number of fused-ring (bicyclic) bond motifs is 5. The zero-order valence-electron chi connectivity index (χ0n) is 19.9. The molecule has 2 fully saturated rings. The second-order valence-corrected chi connectivity index (χ2v) is 9.77. The van der Waals surface area contributed by atoms with E-state index in [9.17, 15) is 9.59 Å².